The number of oxazole rings is 1. The Hall–Kier alpha value is -3.95. The van der Waals surface area contributed by atoms with Gasteiger partial charge in [-0.05, 0) is 49.9 Å². The molecule has 4 aromatic rings. The van der Waals surface area contributed by atoms with Crippen LogP contribution in [-0.4, -0.2) is 44.7 Å². The molecule has 0 radical (unpaired) electrons. The minimum Gasteiger partial charge on any atom is -0.489 e. The van der Waals surface area contributed by atoms with Crippen molar-refractivity contribution < 1.29 is 36.2 Å². The molecular formula is C25H25Cl2F4N7O4. The van der Waals surface area contributed by atoms with Crippen LogP contribution in [0.25, 0.3) is 11.5 Å². The second-order valence-electron chi connectivity index (χ2n) is 9.16. The second-order valence-corrected chi connectivity index (χ2v) is 9.16. The Morgan fingerprint density at radius 2 is 1.93 bits per heavy atom. The van der Waals surface area contributed by atoms with Crippen molar-refractivity contribution in [1.29, 1.82) is 0 Å². The van der Waals surface area contributed by atoms with E-state index in [2.05, 4.69) is 35.7 Å². The number of halogens is 6. The fourth-order valence-corrected chi connectivity index (χ4v) is 3.87. The highest BCUT2D eigenvalue weighted by atomic mass is 35.5. The standard InChI is InChI=1S/C25H23F4N7O4.2ClH/c1-11(30)21-20(23(37)31-19(22-33-35-36-34-22)15-6-5-14(26)9-16(15)27)32-24(40-21)13-4-7-17(39-25(28)29)18(8-13)38-10-12-2-3-12;;/h4-9,11-12,19,25H,2-3,10,30H2,1H3,(H,31,37)(H,33,34,35,36);2*1H/t11-,19?;;/m0../s1. The molecule has 0 aliphatic heterocycles. The monoisotopic (exact) mass is 633 g/mol. The molecule has 1 aliphatic carbocycles. The smallest absolute Gasteiger partial charge is 0.387 e. The molecule has 1 aliphatic rings. The third kappa shape index (κ3) is 7.46. The van der Waals surface area contributed by atoms with E-state index in [4.69, 9.17) is 14.9 Å². The number of alkyl halides is 2. The summed E-state index contributed by atoms with van der Waals surface area (Å²) in [5, 5.41) is 15.9. The lowest BCUT2D eigenvalue weighted by molar-refractivity contribution is -0.0515. The van der Waals surface area contributed by atoms with Crippen LogP contribution < -0.4 is 20.5 Å². The number of aromatic nitrogens is 5. The number of carbonyl (C=O) groups excluding carboxylic acids is 1. The van der Waals surface area contributed by atoms with Crippen LogP contribution in [-0.2, 0) is 0 Å². The molecule has 0 saturated heterocycles. The number of hydrogen-bond donors (Lipinski definition) is 3. The van der Waals surface area contributed by atoms with Gasteiger partial charge in [0, 0.05) is 17.2 Å². The molecule has 17 heteroatoms. The minimum atomic E-state index is -3.06. The summed E-state index contributed by atoms with van der Waals surface area (Å²) >= 11 is 0. The first-order valence-electron chi connectivity index (χ1n) is 12.2. The molecule has 1 amide bonds. The van der Waals surface area contributed by atoms with E-state index < -0.39 is 36.2 Å². The summed E-state index contributed by atoms with van der Waals surface area (Å²) in [5.74, 6) is -2.53. The Morgan fingerprint density at radius 1 is 1.17 bits per heavy atom. The molecule has 1 unspecified atom stereocenters. The van der Waals surface area contributed by atoms with Crippen LogP contribution in [0.15, 0.2) is 40.8 Å². The summed E-state index contributed by atoms with van der Waals surface area (Å²) < 4.78 is 70.1. The van der Waals surface area contributed by atoms with Gasteiger partial charge in [0.25, 0.3) is 5.91 Å². The van der Waals surface area contributed by atoms with Crippen LogP contribution in [0, 0.1) is 17.6 Å². The van der Waals surface area contributed by atoms with Crippen LogP contribution in [0.2, 0.25) is 0 Å². The molecular weight excluding hydrogens is 609 g/mol. The molecule has 2 aromatic carbocycles. The lowest BCUT2D eigenvalue weighted by atomic mass is 10.0. The summed E-state index contributed by atoms with van der Waals surface area (Å²) in [4.78, 5) is 17.7. The van der Waals surface area contributed by atoms with Gasteiger partial charge in [0.15, 0.2) is 23.0 Å². The van der Waals surface area contributed by atoms with Crippen LogP contribution >= 0.6 is 24.8 Å². The molecule has 42 heavy (non-hydrogen) atoms. The van der Waals surface area contributed by atoms with E-state index in [1.807, 2.05) is 0 Å². The number of aromatic amines is 1. The maximum Gasteiger partial charge on any atom is 0.387 e. The van der Waals surface area contributed by atoms with E-state index in [1.54, 1.807) is 6.92 Å². The number of hydrogen-bond acceptors (Lipinski definition) is 9. The first-order valence-corrected chi connectivity index (χ1v) is 12.2. The summed E-state index contributed by atoms with van der Waals surface area (Å²) in [6.07, 6.45) is 1.96. The summed E-state index contributed by atoms with van der Waals surface area (Å²) in [6, 6.07) is 4.83. The predicted molar refractivity (Wildman–Crippen MR) is 144 cm³/mol. The van der Waals surface area contributed by atoms with E-state index >= 15 is 0 Å². The minimum absolute atomic E-state index is 0. The van der Waals surface area contributed by atoms with Crippen molar-refractivity contribution in [3.63, 3.8) is 0 Å². The van der Waals surface area contributed by atoms with Crippen LogP contribution in [0.3, 0.4) is 0 Å². The Balaban J connectivity index is 0.00000242. The first kappa shape index (κ1) is 32.6. The van der Waals surface area contributed by atoms with Gasteiger partial charge in [0.2, 0.25) is 11.7 Å². The number of amides is 1. The average Bonchev–Trinajstić information content (AvgIpc) is 3.37. The number of rotatable bonds is 11. The SMILES string of the molecule is C[C@H](N)c1oc(-c2ccc(OC(F)F)c(OCC3CC3)c2)nc1C(=O)NC(c1nn[nH]n1)c1ccc(F)cc1F.Cl.Cl. The Bertz CT molecular complexity index is 1500. The van der Waals surface area contributed by atoms with E-state index in [9.17, 15) is 22.4 Å². The largest absolute Gasteiger partial charge is 0.489 e. The highest BCUT2D eigenvalue weighted by Crippen LogP contribution is 2.37. The van der Waals surface area contributed by atoms with E-state index in [1.165, 1.54) is 18.2 Å². The predicted octanol–water partition coefficient (Wildman–Crippen LogP) is 4.91. The maximum atomic E-state index is 14.6. The van der Waals surface area contributed by atoms with Gasteiger partial charge >= 0.3 is 6.61 Å². The van der Waals surface area contributed by atoms with Gasteiger partial charge in [-0.1, -0.05) is 11.3 Å². The zero-order valence-corrected chi connectivity index (χ0v) is 23.4. The van der Waals surface area contributed by atoms with Gasteiger partial charge in [-0.15, -0.1) is 35.0 Å². The number of H-pyrrole nitrogens is 1. The molecule has 11 nitrogen and oxygen atoms in total. The zero-order chi connectivity index (χ0) is 28.4. The van der Waals surface area contributed by atoms with Crippen molar-refractivity contribution in [1.82, 2.24) is 30.9 Å². The zero-order valence-electron chi connectivity index (χ0n) is 21.7. The number of benzene rings is 2. The number of nitrogens with zero attached hydrogens (tertiary/aromatic N) is 4. The fraction of sp³-hybridized carbons (Fsp3) is 0.320. The van der Waals surface area contributed by atoms with Gasteiger partial charge in [0.1, 0.15) is 17.7 Å². The van der Waals surface area contributed by atoms with Gasteiger partial charge < -0.3 is 24.9 Å². The highest BCUT2D eigenvalue weighted by Gasteiger charge is 2.30. The maximum absolute atomic E-state index is 14.6. The van der Waals surface area contributed by atoms with Gasteiger partial charge in [-0.3, -0.25) is 4.79 Å². The van der Waals surface area contributed by atoms with Crippen molar-refractivity contribution >= 4 is 30.7 Å². The molecule has 4 N–H and O–H groups in total. The Labute approximate surface area is 248 Å². The van der Waals surface area contributed by atoms with Gasteiger partial charge in [-0.2, -0.15) is 14.0 Å². The third-order valence-electron chi connectivity index (χ3n) is 6.03. The number of carbonyl (C=O) groups is 1. The van der Waals surface area contributed by atoms with Crippen molar-refractivity contribution in [2.75, 3.05) is 6.61 Å². The van der Waals surface area contributed by atoms with Gasteiger partial charge in [-0.25, -0.2) is 13.8 Å². The van der Waals surface area contributed by atoms with Crippen molar-refractivity contribution in [3.05, 3.63) is 70.9 Å². The van der Waals surface area contributed by atoms with Crippen molar-refractivity contribution in [3.8, 4) is 23.0 Å². The Kier molecular flexibility index (Phi) is 10.7. The number of nitrogens with two attached hydrogens (primary N) is 1. The quantitative estimate of drug-likeness (QED) is 0.195. The molecule has 226 valence electrons. The van der Waals surface area contributed by atoms with Crippen LogP contribution in [0.4, 0.5) is 17.6 Å². The second kappa shape index (κ2) is 13.8. The lowest BCUT2D eigenvalue weighted by Crippen LogP contribution is -2.32. The molecule has 1 saturated carbocycles. The number of tetrazole rings is 1. The summed E-state index contributed by atoms with van der Waals surface area (Å²) in [6.45, 7) is -1.18. The van der Waals surface area contributed by atoms with Crippen molar-refractivity contribution in [2.24, 2.45) is 11.7 Å². The van der Waals surface area contributed by atoms with E-state index in [-0.39, 0.29) is 65.0 Å². The highest BCUT2D eigenvalue weighted by molar-refractivity contribution is 5.94. The summed E-state index contributed by atoms with van der Waals surface area (Å²) in [7, 11) is 0. The van der Waals surface area contributed by atoms with E-state index in [0.29, 0.717) is 24.2 Å². The topological polar surface area (TPSA) is 154 Å². The third-order valence-corrected chi connectivity index (χ3v) is 6.03. The number of ether oxygens (including phenoxy) is 2. The van der Waals surface area contributed by atoms with Crippen LogP contribution in [0.1, 0.15) is 59.5 Å². The Morgan fingerprint density at radius 3 is 2.55 bits per heavy atom. The molecule has 0 bridgehead atoms. The van der Waals surface area contributed by atoms with Gasteiger partial charge in [0.05, 0.1) is 12.6 Å². The first-order chi connectivity index (χ1) is 19.2. The number of nitrogens with one attached hydrogen (secondary N) is 2. The normalized spacial score (nSPS) is 14.0. The average molecular weight is 634 g/mol. The summed E-state index contributed by atoms with van der Waals surface area (Å²) in [5.41, 5.74) is 5.98. The van der Waals surface area contributed by atoms with Crippen molar-refractivity contribution in [2.45, 2.75) is 38.5 Å². The van der Waals surface area contributed by atoms with Crippen LogP contribution in [0.5, 0.6) is 11.5 Å². The van der Waals surface area contributed by atoms with E-state index in [0.717, 1.165) is 25.0 Å². The molecule has 0 spiro atoms. The molecule has 5 rings (SSSR count). The molecule has 1 fully saturated rings. The fourth-order valence-electron chi connectivity index (χ4n) is 3.87. The molecule has 2 heterocycles. The lowest BCUT2D eigenvalue weighted by Gasteiger charge is -2.16. The molecule has 2 aromatic heterocycles. The molecule has 2 atom stereocenters.